The van der Waals surface area contributed by atoms with Gasteiger partial charge in [-0.05, 0) is 31.4 Å². The average Bonchev–Trinajstić information content (AvgIpc) is 2.13. The van der Waals surface area contributed by atoms with Crippen molar-refractivity contribution in [2.75, 3.05) is 5.75 Å². The number of aromatic nitrogens is 1. The van der Waals surface area contributed by atoms with Gasteiger partial charge in [-0.2, -0.15) is 0 Å². The zero-order valence-corrected chi connectivity index (χ0v) is 10.8. The quantitative estimate of drug-likeness (QED) is 0.799. The number of thioether (sulfide) groups is 1. The van der Waals surface area contributed by atoms with Crippen LogP contribution < -0.4 is 5.73 Å². The molecule has 1 rings (SSSR count). The number of hydrogen-bond acceptors (Lipinski definition) is 3. The molecular weight excluding hydrogens is 204 g/mol. The third kappa shape index (κ3) is 3.50. The van der Waals surface area contributed by atoms with E-state index in [9.17, 15) is 0 Å². The molecular formula is C12H20N2S. The minimum Gasteiger partial charge on any atom is -0.326 e. The third-order valence-corrected chi connectivity index (χ3v) is 3.64. The molecule has 2 N–H and O–H groups in total. The molecule has 0 spiro atoms. The fourth-order valence-corrected chi connectivity index (χ4v) is 2.56. The Morgan fingerprint density at radius 1 is 1.40 bits per heavy atom. The summed E-state index contributed by atoms with van der Waals surface area (Å²) < 4.78 is 0. The zero-order chi connectivity index (χ0) is 11.4. The maximum absolute atomic E-state index is 5.75. The molecule has 0 saturated carbocycles. The predicted octanol–water partition coefficient (Wildman–Crippen LogP) is 2.91. The van der Waals surface area contributed by atoms with Crippen molar-refractivity contribution in [1.29, 1.82) is 0 Å². The summed E-state index contributed by atoms with van der Waals surface area (Å²) >= 11 is 1.82. The lowest BCUT2D eigenvalue weighted by atomic mass is 10.1. The van der Waals surface area contributed by atoms with Crippen molar-refractivity contribution in [2.24, 2.45) is 11.7 Å². The largest absolute Gasteiger partial charge is 0.326 e. The minimum atomic E-state index is 0.583. The summed E-state index contributed by atoms with van der Waals surface area (Å²) in [4.78, 5) is 4.56. The van der Waals surface area contributed by atoms with Crippen LogP contribution in [0.3, 0.4) is 0 Å². The van der Waals surface area contributed by atoms with Gasteiger partial charge < -0.3 is 5.73 Å². The molecule has 2 nitrogen and oxygen atoms in total. The van der Waals surface area contributed by atoms with Crippen molar-refractivity contribution in [3.63, 3.8) is 0 Å². The number of hydrogen-bond donors (Lipinski definition) is 1. The molecule has 0 aliphatic rings. The van der Waals surface area contributed by atoms with Gasteiger partial charge in [-0.1, -0.05) is 13.8 Å². The van der Waals surface area contributed by atoms with Gasteiger partial charge in [-0.3, -0.25) is 0 Å². The first-order valence-electron chi connectivity index (χ1n) is 5.34. The second-order valence-electron chi connectivity index (χ2n) is 4.27. The van der Waals surface area contributed by atoms with Gasteiger partial charge in [0.1, 0.15) is 5.03 Å². The monoisotopic (exact) mass is 224 g/mol. The normalized spacial score (nSPS) is 11.1. The molecule has 0 bridgehead atoms. The molecule has 0 radical (unpaired) electrons. The molecule has 0 amide bonds. The van der Waals surface area contributed by atoms with Gasteiger partial charge in [0.05, 0.1) is 0 Å². The van der Waals surface area contributed by atoms with Crippen molar-refractivity contribution >= 4 is 11.8 Å². The molecule has 1 heterocycles. The minimum absolute atomic E-state index is 0.583. The standard InChI is InChI=1S/C12H20N2S/c1-8(2)7-15-12-11(6-13)9(3)5-10(4)14-12/h5,8H,6-7,13H2,1-4H3. The van der Waals surface area contributed by atoms with Crippen molar-refractivity contribution in [3.05, 3.63) is 22.9 Å². The van der Waals surface area contributed by atoms with E-state index < -0.39 is 0 Å². The summed E-state index contributed by atoms with van der Waals surface area (Å²) in [5.41, 5.74) is 9.29. The molecule has 0 aliphatic heterocycles. The number of nitrogens with two attached hydrogens (primary N) is 1. The van der Waals surface area contributed by atoms with E-state index in [2.05, 4.69) is 31.8 Å². The molecule has 0 aliphatic carbocycles. The number of rotatable bonds is 4. The number of pyridine rings is 1. The Hall–Kier alpha value is -0.540. The molecule has 1 aromatic rings. The molecule has 0 unspecified atom stereocenters. The van der Waals surface area contributed by atoms with Gasteiger partial charge in [0.15, 0.2) is 0 Å². The Labute approximate surface area is 96.7 Å². The zero-order valence-electron chi connectivity index (χ0n) is 10.0. The van der Waals surface area contributed by atoms with E-state index in [1.54, 1.807) is 0 Å². The molecule has 1 aromatic heterocycles. The Kier molecular flexibility index (Phi) is 4.61. The van der Waals surface area contributed by atoms with Crippen molar-refractivity contribution in [2.45, 2.75) is 39.3 Å². The maximum Gasteiger partial charge on any atom is 0.101 e. The fraction of sp³-hybridized carbons (Fsp3) is 0.583. The maximum atomic E-state index is 5.75. The van der Waals surface area contributed by atoms with Crippen LogP contribution in [0.1, 0.15) is 30.7 Å². The van der Waals surface area contributed by atoms with Gasteiger partial charge in [0.25, 0.3) is 0 Å². The highest BCUT2D eigenvalue weighted by Gasteiger charge is 2.08. The summed E-state index contributed by atoms with van der Waals surface area (Å²) in [6.45, 7) is 9.16. The van der Waals surface area contributed by atoms with E-state index in [-0.39, 0.29) is 0 Å². The van der Waals surface area contributed by atoms with Crippen LogP contribution >= 0.6 is 11.8 Å². The molecule has 0 aromatic carbocycles. The first-order valence-corrected chi connectivity index (χ1v) is 6.33. The molecule has 0 atom stereocenters. The van der Waals surface area contributed by atoms with Crippen LogP contribution in [0.2, 0.25) is 0 Å². The molecule has 0 saturated heterocycles. The highest BCUT2D eigenvalue weighted by Crippen LogP contribution is 2.25. The van der Waals surface area contributed by atoms with E-state index in [4.69, 9.17) is 5.73 Å². The van der Waals surface area contributed by atoms with Gasteiger partial charge in [0, 0.05) is 23.6 Å². The van der Waals surface area contributed by atoms with E-state index in [1.807, 2.05) is 18.7 Å². The molecule has 3 heteroatoms. The second-order valence-corrected chi connectivity index (χ2v) is 5.28. The van der Waals surface area contributed by atoms with Crippen LogP contribution in [0, 0.1) is 19.8 Å². The first kappa shape index (κ1) is 12.5. The fourth-order valence-electron chi connectivity index (χ4n) is 1.44. The number of aryl methyl sites for hydroxylation is 2. The Morgan fingerprint density at radius 3 is 2.60 bits per heavy atom. The Morgan fingerprint density at radius 2 is 2.07 bits per heavy atom. The van der Waals surface area contributed by atoms with Crippen LogP contribution in [-0.4, -0.2) is 10.7 Å². The van der Waals surface area contributed by atoms with Crippen molar-refractivity contribution in [1.82, 2.24) is 4.98 Å². The lowest BCUT2D eigenvalue weighted by Crippen LogP contribution is -2.05. The third-order valence-electron chi connectivity index (χ3n) is 2.19. The summed E-state index contributed by atoms with van der Waals surface area (Å²) in [7, 11) is 0. The summed E-state index contributed by atoms with van der Waals surface area (Å²) in [5.74, 6) is 1.78. The highest BCUT2D eigenvalue weighted by atomic mass is 32.2. The van der Waals surface area contributed by atoms with Crippen molar-refractivity contribution < 1.29 is 0 Å². The second kappa shape index (κ2) is 5.52. The van der Waals surface area contributed by atoms with E-state index in [1.165, 1.54) is 11.1 Å². The van der Waals surface area contributed by atoms with E-state index >= 15 is 0 Å². The van der Waals surface area contributed by atoms with Crippen molar-refractivity contribution in [3.8, 4) is 0 Å². The van der Waals surface area contributed by atoms with Gasteiger partial charge in [0.2, 0.25) is 0 Å². The van der Waals surface area contributed by atoms with Crippen LogP contribution in [-0.2, 0) is 6.54 Å². The van der Waals surface area contributed by atoms with Crippen LogP contribution in [0.4, 0.5) is 0 Å². The van der Waals surface area contributed by atoms with Crippen LogP contribution in [0.5, 0.6) is 0 Å². The first-order chi connectivity index (χ1) is 7.04. The smallest absolute Gasteiger partial charge is 0.101 e. The van der Waals surface area contributed by atoms with Gasteiger partial charge >= 0.3 is 0 Å². The summed E-state index contributed by atoms with van der Waals surface area (Å²) in [6.07, 6.45) is 0. The van der Waals surface area contributed by atoms with Crippen LogP contribution in [0.15, 0.2) is 11.1 Å². The lowest BCUT2D eigenvalue weighted by Gasteiger charge is -2.11. The van der Waals surface area contributed by atoms with Crippen LogP contribution in [0.25, 0.3) is 0 Å². The van der Waals surface area contributed by atoms with Gasteiger partial charge in [-0.25, -0.2) is 4.98 Å². The van der Waals surface area contributed by atoms with E-state index in [0.29, 0.717) is 12.5 Å². The highest BCUT2D eigenvalue weighted by molar-refractivity contribution is 7.99. The summed E-state index contributed by atoms with van der Waals surface area (Å²) in [5, 5.41) is 1.11. The predicted molar refractivity (Wildman–Crippen MR) is 67.2 cm³/mol. The Balaban J connectivity index is 2.93. The molecule has 15 heavy (non-hydrogen) atoms. The number of nitrogens with zero attached hydrogens (tertiary/aromatic N) is 1. The molecule has 0 fully saturated rings. The lowest BCUT2D eigenvalue weighted by molar-refractivity contribution is 0.748. The average molecular weight is 224 g/mol. The topological polar surface area (TPSA) is 38.9 Å². The van der Waals surface area contributed by atoms with Gasteiger partial charge in [-0.15, -0.1) is 11.8 Å². The van der Waals surface area contributed by atoms with E-state index in [0.717, 1.165) is 16.5 Å². The molecule has 84 valence electrons. The SMILES string of the molecule is Cc1cc(C)c(CN)c(SCC(C)C)n1. The Bertz CT molecular complexity index is 335. The summed E-state index contributed by atoms with van der Waals surface area (Å²) in [6, 6.07) is 2.10.